The first kappa shape index (κ1) is 13.4. The summed E-state index contributed by atoms with van der Waals surface area (Å²) in [5, 5.41) is 15.1. The predicted molar refractivity (Wildman–Crippen MR) is 68.2 cm³/mol. The number of piperidine rings is 1. The molecule has 1 atom stereocenters. The van der Waals surface area contributed by atoms with E-state index in [2.05, 4.69) is 27.8 Å². The van der Waals surface area contributed by atoms with Crippen molar-refractivity contribution in [1.82, 2.24) is 25.5 Å². The molecule has 102 valence electrons. The summed E-state index contributed by atoms with van der Waals surface area (Å²) in [5.74, 6) is 1.60. The van der Waals surface area contributed by atoms with Crippen LogP contribution in [0.4, 0.5) is 0 Å². The van der Waals surface area contributed by atoms with Crippen molar-refractivity contribution in [3.63, 3.8) is 0 Å². The molecule has 1 saturated heterocycles. The summed E-state index contributed by atoms with van der Waals surface area (Å²) in [6, 6.07) is 0. The first-order valence-electron chi connectivity index (χ1n) is 6.93. The average Bonchev–Trinajstić information content (AvgIpc) is 2.84. The Balaban J connectivity index is 1.63. The van der Waals surface area contributed by atoms with E-state index in [0.717, 1.165) is 44.9 Å². The molecule has 0 aromatic carbocycles. The summed E-state index contributed by atoms with van der Waals surface area (Å²) >= 11 is 0. The second kappa shape index (κ2) is 7.43. The van der Waals surface area contributed by atoms with Crippen molar-refractivity contribution in [1.29, 1.82) is 0 Å². The van der Waals surface area contributed by atoms with E-state index in [4.69, 9.17) is 4.74 Å². The normalized spacial score (nSPS) is 20.2. The molecule has 1 aromatic heterocycles. The first-order chi connectivity index (χ1) is 8.90. The van der Waals surface area contributed by atoms with Gasteiger partial charge in [0.1, 0.15) is 0 Å². The number of hydrogen-bond acceptors (Lipinski definition) is 5. The molecule has 1 fully saturated rings. The van der Waals surface area contributed by atoms with Gasteiger partial charge in [0.05, 0.1) is 13.2 Å². The highest BCUT2D eigenvalue weighted by Crippen LogP contribution is 2.10. The Bertz CT molecular complexity index is 335. The van der Waals surface area contributed by atoms with Gasteiger partial charge in [0.15, 0.2) is 5.82 Å². The maximum atomic E-state index is 5.73. The van der Waals surface area contributed by atoms with Crippen LogP contribution in [0, 0.1) is 5.92 Å². The minimum absolute atomic E-state index is 0.672. The Morgan fingerprint density at radius 1 is 1.50 bits per heavy atom. The molecule has 0 unspecified atom stereocenters. The van der Waals surface area contributed by atoms with Gasteiger partial charge in [-0.25, -0.2) is 4.68 Å². The molecule has 1 aliphatic heterocycles. The van der Waals surface area contributed by atoms with Gasteiger partial charge in [0.25, 0.3) is 0 Å². The van der Waals surface area contributed by atoms with E-state index in [1.165, 1.54) is 12.8 Å². The van der Waals surface area contributed by atoms with E-state index >= 15 is 0 Å². The van der Waals surface area contributed by atoms with Crippen LogP contribution >= 0.6 is 0 Å². The van der Waals surface area contributed by atoms with Gasteiger partial charge in [0, 0.05) is 19.5 Å². The van der Waals surface area contributed by atoms with Gasteiger partial charge in [-0.15, -0.1) is 5.10 Å². The predicted octanol–water partition coefficient (Wildman–Crippen LogP) is 0.642. The van der Waals surface area contributed by atoms with Crippen molar-refractivity contribution in [2.75, 3.05) is 26.3 Å². The third kappa shape index (κ3) is 4.03. The zero-order valence-corrected chi connectivity index (χ0v) is 11.1. The molecular formula is C12H23N5O. The number of ether oxygens (including phenoxy) is 1. The molecule has 0 bridgehead atoms. The number of hydrogen-bond donors (Lipinski definition) is 1. The van der Waals surface area contributed by atoms with E-state index in [1.54, 1.807) is 0 Å². The van der Waals surface area contributed by atoms with Crippen LogP contribution in [-0.4, -0.2) is 46.5 Å². The zero-order chi connectivity index (χ0) is 12.6. The summed E-state index contributed by atoms with van der Waals surface area (Å²) in [6.07, 6.45) is 4.39. The standard InChI is InChI=1S/C12H23N5O/c1-2-7-17-12(14-15-16-17)5-8-18-10-11-4-3-6-13-9-11/h11,13H,2-10H2,1H3/t11-/m0/s1. The smallest absolute Gasteiger partial charge is 0.153 e. The van der Waals surface area contributed by atoms with Crippen molar-refractivity contribution < 1.29 is 4.74 Å². The molecule has 0 radical (unpaired) electrons. The number of nitrogens with one attached hydrogen (secondary N) is 1. The van der Waals surface area contributed by atoms with E-state index in [9.17, 15) is 0 Å². The van der Waals surface area contributed by atoms with Gasteiger partial charge in [-0.3, -0.25) is 0 Å². The van der Waals surface area contributed by atoms with Crippen molar-refractivity contribution in [2.24, 2.45) is 5.92 Å². The molecule has 18 heavy (non-hydrogen) atoms. The highest BCUT2D eigenvalue weighted by atomic mass is 16.5. The summed E-state index contributed by atoms with van der Waals surface area (Å²) in [7, 11) is 0. The molecule has 1 aliphatic rings. The Morgan fingerprint density at radius 2 is 2.44 bits per heavy atom. The Kier molecular flexibility index (Phi) is 5.54. The maximum Gasteiger partial charge on any atom is 0.153 e. The van der Waals surface area contributed by atoms with Gasteiger partial charge in [-0.1, -0.05) is 6.92 Å². The SMILES string of the molecule is CCCn1nnnc1CCOC[C@H]1CCCNC1. The minimum atomic E-state index is 0.672. The molecule has 0 aliphatic carbocycles. The summed E-state index contributed by atoms with van der Waals surface area (Å²) in [4.78, 5) is 0. The molecule has 1 aromatic rings. The molecular weight excluding hydrogens is 230 g/mol. The fourth-order valence-corrected chi connectivity index (χ4v) is 2.27. The fourth-order valence-electron chi connectivity index (χ4n) is 2.27. The Labute approximate surface area is 108 Å². The third-order valence-corrected chi connectivity index (χ3v) is 3.26. The van der Waals surface area contributed by atoms with Crippen LogP contribution in [0.25, 0.3) is 0 Å². The lowest BCUT2D eigenvalue weighted by Gasteiger charge is -2.22. The van der Waals surface area contributed by atoms with Gasteiger partial charge in [-0.2, -0.15) is 0 Å². The number of nitrogens with zero attached hydrogens (tertiary/aromatic N) is 4. The van der Waals surface area contributed by atoms with Gasteiger partial charge < -0.3 is 10.1 Å². The van der Waals surface area contributed by atoms with Gasteiger partial charge >= 0.3 is 0 Å². The summed E-state index contributed by atoms with van der Waals surface area (Å²) in [5.41, 5.74) is 0. The van der Waals surface area contributed by atoms with Crippen molar-refractivity contribution in [3.8, 4) is 0 Å². The molecule has 0 spiro atoms. The van der Waals surface area contributed by atoms with Gasteiger partial charge in [-0.05, 0) is 42.2 Å². The van der Waals surface area contributed by atoms with Crippen molar-refractivity contribution in [3.05, 3.63) is 5.82 Å². The lowest BCUT2D eigenvalue weighted by atomic mass is 10.0. The lowest BCUT2D eigenvalue weighted by molar-refractivity contribution is 0.0907. The monoisotopic (exact) mass is 253 g/mol. The van der Waals surface area contributed by atoms with Gasteiger partial charge in [0.2, 0.25) is 0 Å². The second-order valence-corrected chi connectivity index (χ2v) is 4.86. The quantitative estimate of drug-likeness (QED) is 0.723. The highest BCUT2D eigenvalue weighted by Gasteiger charge is 2.13. The number of rotatable bonds is 7. The number of aryl methyl sites for hydroxylation is 1. The number of tetrazole rings is 1. The summed E-state index contributed by atoms with van der Waals surface area (Å²) in [6.45, 7) is 6.81. The lowest BCUT2D eigenvalue weighted by Crippen LogP contribution is -2.32. The molecule has 2 heterocycles. The second-order valence-electron chi connectivity index (χ2n) is 4.86. The molecule has 1 N–H and O–H groups in total. The minimum Gasteiger partial charge on any atom is -0.381 e. The van der Waals surface area contributed by atoms with Crippen molar-refractivity contribution >= 4 is 0 Å². The van der Waals surface area contributed by atoms with Crippen LogP contribution < -0.4 is 5.32 Å². The van der Waals surface area contributed by atoms with Crippen LogP contribution in [0.5, 0.6) is 0 Å². The maximum absolute atomic E-state index is 5.73. The first-order valence-corrected chi connectivity index (χ1v) is 6.93. The number of aromatic nitrogens is 4. The topological polar surface area (TPSA) is 64.9 Å². The largest absolute Gasteiger partial charge is 0.381 e. The molecule has 6 nitrogen and oxygen atoms in total. The van der Waals surface area contributed by atoms with E-state index in [1.807, 2.05) is 4.68 Å². The molecule has 6 heteroatoms. The Hall–Kier alpha value is -1.01. The Morgan fingerprint density at radius 3 is 3.22 bits per heavy atom. The van der Waals surface area contributed by atoms with Crippen LogP contribution in [0.2, 0.25) is 0 Å². The van der Waals surface area contributed by atoms with Crippen LogP contribution in [0.1, 0.15) is 32.0 Å². The van der Waals surface area contributed by atoms with E-state index < -0.39 is 0 Å². The van der Waals surface area contributed by atoms with Crippen LogP contribution in [-0.2, 0) is 17.7 Å². The van der Waals surface area contributed by atoms with Crippen LogP contribution in [0.3, 0.4) is 0 Å². The zero-order valence-electron chi connectivity index (χ0n) is 11.1. The highest BCUT2D eigenvalue weighted by molar-refractivity contribution is 4.80. The van der Waals surface area contributed by atoms with E-state index in [0.29, 0.717) is 12.5 Å². The van der Waals surface area contributed by atoms with Crippen LogP contribution in [0.15, 0.2) is 0 Å². The van der Waals surface area contributed by atoms with Crippen molar-refractivity contribution in [2.45, 2.75) is 39.2 Å². The molecule has 0 amide bonds. The molecule has 0 saturated carbocycles. The molecule has 2 rings (SSSR count). The average molecular weight is 253 g/mol. The summed E-state index contributed by atoms with van der Waals surface area (Å²) < 4.78 is 7.60. The fraction of sp³-hybridized carbons (Fsp3) is 0.917. The van der Waals surface area contributed by atoms with E-state index in [-0.39, 0.29) is 0 Å². The third-order valence-electron chi connectivity index (χ3n) is 3.26.